The Bertz CT molecular complexity index is 547. The minimum Gasteiger partial charge on any atom is -0.386 e. The van der Waals surface area contributed by atoms with E-state index in [0.717, 1.165) is 17.8 Å². The molecule has 18 heavy (non-hydrogen) atoms. The molecule has 1 aromatic carbocycles. The van der Waals surface area contributed by atoms with Crippen molar-refractivity contribution >= 4 is 0 Å². The number of hydrogen-bond donors (Lipinski definition) is 1. The molecule has 1 aliphatic rings. The van der Waals surface area contributed by atoms with E-state index in [2.05, 4.69) is 24.2 Å². The van der Waals surface area contributed by atoms with E-state index < -0.39 is 6.10 Å². The van der Waals surface area contributed by atoms with Crippen molar-refractivity contribution in [2.75, 3.05) is 0 Å². The Morgan fingerprint density at radius 1 is 1.33 bits per heavy atom. The number of rotatable bonds is 3. The Hall–Kier alpha value is -1.68. The van der Waals surface area contributed by atoms with Gasteiger partial charge in [-0.2, -0.15) is 0 Å². The molecule has 94 valence electrons. The molecule has 1 fully saturated rings. The van der Waals surface area contributed by atoms with Gasteiger partial charge in [-0.15, -0.1) is 5.10 Å². The van der Waals surface area contributed by atoms with Gasteiger partial charge in [0.15, 0.2) is 0 Å². The van der Waals surface area contributed by atoms with Crippen molar-refractivity contribution in [3.63, 3.8) is 0 Å². The third-order valence-corrected chi connectivity index (χ3v) is 3.85. The van der Waals surface area contributed by atoms with Gasteiger partial charge in [0.05, 0.1) is 17.6 Å². The predicted molar refractivity (Wildman–Crippen MR) is 68.2 cm³/mol. The minimum absolute atomic E-state index is 0.227. The molecule has 4 nitrogen and oxygen atoms in total. The van der Waals surface area contributed by atoms with Crippen molar-refractivity contribution < 1.29 is 5.11 Å². The molecule has 0 saturated heterocycles. The van der Waals surface area contributed by atoms with Gasteiger partial charge in [-0.3, -0.25) is 0 Å². The maximum absolute atomic E-state index is 10.4. The van der Waals surface area contributed by atoms with E-state index >= 15 is 0 Å². The maximum atomic E-state index is 10.4. The van der Waals surface area contributed by atoms with Crippen LogP contribution in [0.3, 0.4) is 0 Å². The summed E-state index contributed by atoms with van der Waals surface area (Å²) in [5.41, 5.74) is 1.94. The Balaban J connectivity index is 1.93. The van der Waals surface area contributed by atoms with E-state index in [-0.39, 0.29) is 5.41 Å². The molecule has 0 aliphatic heterocycles. The van der Waals surface area contributed by atoms with E-state index in [1.807, 2.05) is 30.3 Å². The van der Waals surface area contributed by atoms with Crippen molar-refractivity contribution in [3.8, 4) is 5.69 Å². The average Bonchev–Trinajstić information content (AvgIpc) is 2.80. The number of aliphatic hydroxyl groups excluding tert-OH is 1. The molecule has 0 radical (unpaired) electrons. The largest absolute Gasteiger partial charge is 0.386 e. The Kier molecular flexibility index (Phi) is 2.48. The van der Waals surface area contributed by atoms with Gasteiger partial charge in [0.1, 0.15) is 6.10 Å². The normalized spacial score (nSPS) is 22.7. The summed E-state index contributed by atoms with van der Waals surface area (Å²) >= 11 is 0. The SMILES string of the molecule is CC1(C)CC1C(O)c1cnnn1-c1ccccc1. The molecule has 3 rings (SSSR count). The van der Waals surface area contributed by atoms with Gasteiger partial charge in [0, 0.05) is 0 Å². The lowest BCUT2D eigenvalue weighted by molar-refractivity contribution is 0.131. The summed E-state index contributed by atoms with van der Waals surface area (Å²) in [7, 11) is 0. The van der Waals surface area contributed by atoms with Gasteiger partial charge < -0.3 is 5.11 Å². The highest BCUT2D eigenvalue weighted by Crippen LogP contribution is 2.57. The number of benzene rings is 1. The van der Waals surface area contributed by atoms with Gasteiger partial charge in [0.2, 0.25) is 0 Å². The summed E-state index contributed by atoms with van der Waals surface area (Å²) in [6.45, 7) is 4.36. The fourth-order valence-electron chi connectivity index (χ4n) is 2.47. The molecule has 2 aromatic rings. The van der Waals surface area contributed by atoms with Gasteiger partial charge in [-0.25, -0.2) is 4.68 Å². The van der Waals surface area contributed by atoms with Gasteiger partial charge in [-0.05, 0) is 29.9 Å². The van der Waals surface area contributed by atoms with Crippen LogP contribution < -0.4 is 0 Å². The topological polar surface area (TPSA) is 50.9 Å². The van der Waals surface area contributed by atoms with Crippen LogP contribution in [-0.4, -0.2) is 20.1 Å². The van der Waals surface area contributed by atoms with Crippen molar-refractivity contribution in [3.05, 3.63) is 42.2 Å². The number of hydrogen-bond acceptors (Lipinski definition) is 3. The van der Waals surface area contributed by atoms with Crippen molar-refractivity contribution in [2.24, 2.45) is 11.3 Å². The number of nitrogens with zero attached hydrogens (tertiary/aromatic N) is 3. The zero-order valence-electron chi connectivity index (χ0n) is 10.6. The molecule has 1 aliphatic carbocycles. The molecule has 2 unspecified atom stereocenters. The first-order valence-electron chi connectivity index (χ1n) is 6.24. The van der Waals surface area contributed by atoms with Crippen LogP contribution in [0.15, 0.2) is 36.5 Å². The van der Waals surface area contributed by atoms with Crippen LogP contribution in [0.2, 0.25) is 0 Å². The number of aromatic nitrogens is 3. The van der Waals surface area contributed by atoms with Crippen LogP contribution >= 0.6 is 0 Å². The third kappa shape index (κ3) is 1.82. The summed E-state index contributed by atoms with van der Waals surface area (Å²) in [5, 5.41) is 18.4. The predicted octanol–water partition coefficient (Wildman–Crippen LogP) is 2.35. The van der Waals surface area contributed by atoms with Crippen LogP contribution in [-0.2, 0) is 0 Å². The molecule has 2 atom stereocenters. The highest BCUT2D eigenvalue weighted by Gasteiger charge is 2.51. The number of para-hydroxylation sites is 1. The van der Waals surface area contributed by atoms with Gasteiger partial charge >= 0.3 is 0 Å². The molecule has 0 spiro atoms. The van der Waals surface area contributed by atoms with Crippen molar-refractivity contribution in [1.29, 1.82) is 0 Å². The molecule has 0 bridgehead atoms. The molecule has 1 N–H and O–H groups in total. The molecule has 0 amide bonds. The fourth-order valence-corrected chi connectivity index (χ4v) is 2.47. The summed E-state index contributed by atoms with van der Waals surface area (Å²) in [5.74, 6) is 0.304. The Morgan fingerprint density at radius 3 is 2.61 bits per heavy atom. The van der Waals surface area contributed by atoms with Gasteiger partial charge in [-0.1, -0.05) is 37.3 Å². The lowest BCUT2D eigenvalue weighted by atomic mass is 10.0. The molecular formula is C14H17N3O. The minimum atomic E-state index is -0.491. The van der Waals surface area contributed by atoms with E-state index in [4.69, 9.17) is 0 Å². The van der Waals surface area contributed by atoms with E-state index in [1.54, 1.807) is 10.9 Å². The van der Waals surface area contributed by atoms with Crippen LogP contribution in [0, 0.1) is 11.3 Å². The van der Waals surface area contributed by atoms with Crippen LogP contribution in [0.25, 0.3) is 5.69 Å². The summed E-state index contributed by atoms with van der Waals surface area (Å²) < 4.78 is 1.72. The molecule has 1 saturated carbocycles. The van der Waals surface area contributed by atoms with E-state index in [9.17, 15) is 5.11 Å². The first kappa shape index (κ1) is 11.4. The van der Waals surface area contributed by atoms with E-state index in [1.165, 1.54) is 0 Å². The monoisotopic (exact) mass is 243 g/mol. The summed E-state index contributed by atoms with van der Waals surface area (Å²) in [6, 6.07) is 9.79. The summed E-state index contributed by atoms with van der Waals surface area (Å²) in [6.07, 6.45) is 2.22. The van der Waals surface area contributed by atoms with Gasteiger partial charge in [0.25, 0.3) is 0 Å². The quantitative estimate of drug-likeness (QED) is 0.900. The Morgan fingerprint density at radius 2 is 2.00 bits per heavy atom. The standard InChI is InChI=1S/C14H17N3O/c1-14(2)8-11(14)13(18)12-9-15-16-17(12)10-6-4-3-5-7-10/h3-7,9,11,13,18H,8H2,1-2H3. The highest BCUT2D eigenvalue weighted by atomic mass is 16.3. The number of aliphatic hydroxyl groups is 1. The Labute approximate surface area is 106 Å². The lowest BCUT2D eigenvalue weighted by Gasteiger charge is -2.13. The van der Waals surface area contributed by atoms with Crippen LogP contribution in [0.5, 0.6) is 0 Å². The zero-order valence-corrected chi connectivity index (χ0v) is 10.6. The molecule has 1 heterocycles. The van der Waals surface area contributed by atoms with Crippen LogP contribution in [0.4, 0.5) is 0 Å². The lowest BCUT2D eigenvalue weighted by Crippen LogP contribution is -2.11. The first-order valence-corrected chi connectivity index (χ1v) is 6.24. The smallest absolute Gasteiger partial charge is 0.101 e. The second-order valence-electron chi connectivity index (χ2n) is 5.65. The first-order chi connectivity index (χ1) is 8.59. The van der Waals surface area contributed by atoms with Crippen molar-refractivity contribution in [1.82, 2.24) is 15.0 Å². The summed E-state index contributed by atoms with van der Waals surface area (Å²) in [4.78, 5) is 0. The zero-order chi connectivity index (χ0) is 12.8. The molecule has 1 aromatic heterocycles. The van der Waals surface area contributed by atoms with Crippen LogP contribution in [0.1, 0.15) is 32.1 Å². The second kappa shape index (κ2) is 3.92. The fraction of sp³-hybridized carbons (Fsp3) is 0.429. The highest BCUT2D eigenvalue weighted by molar-refractivity contribution is 5.32. The van der Waals surface area contributed by atoms with Crippen molar-refractivity contribution in [2.45, 2.75) is 26.4 Å². The maximum Gasteiger partial charge on any atom is 0.101 e. The third-order valence-electron chi connectivity index (χ3n) is 3.85. The average molecular weight is 243 g/mol. The second-order valence-corrected chi connectivity index (χ2v) is 5.65. The van der Waals surface area contributed by atoms with E-state index in [0.29, 0.717) is 5.92 Å². The molecular weight excluding hydrogens is 226 g/mol. The molecule has 4 heteroatoms.